The van der Waals surface area contributed by atoms with Crippen LogP contribution in [0.2, 0.25) is 0 Å². The molecule has 1 aliphatic heterocycles. The molecule has 0 radical (unpaired) electrons. The van der Waals surface area contributed by atoms with Gasteiger partial charge in [-0.1, -0.05) is 0 Å². The van der Waals surface area contributed by atoms with Gasteiger partial charge in [0.15, 0.2) is 0 Å². The highest BCUT2D eigenvalue weighted by atomic mass is 16.5. The number of nitrogens with one attached hydrogen (secondary N) is 2. The number of aryl methyl sites for hydroxylation is 2. The monoisotopic (exact) mass is 251 g/mol. The van der Waals surface area contributed by atoms with Crippen LogP contribution in [0.15, 0.2) is 6.20 Å². The van der Waals surface area contributed by atoms with Crippen molar-refractivity contribution >= 4 is 11.9 Å². The molecule has 1 fully saturated rings. The van der Waals surface area contributed by atoms with Crippen LogP contribution >= 0.6 is 0 Å². The summed E-state index contributed by atoms with van der Waals surface area (Å²) in [5.41, 5.74) is 1.70. The number of amidine groups is 1. The number of hydrogen-bond donors (Lipinski definition) is 2. The van der Waals surface area contributed by atoms with Crippen LogP contribution in [0, 0.1) is 12.3 Å². The third kappa shape index (κ3) is 2.08. The Morgan fingerprint density at radius 2 is 2.33 bits per heavy atom. The zero-order valence-corrected chi connectivity index (χ0v) is 10.7. The van der Waals surface area contributed by atoms with Gasteiger partial charge in [-0.3, -0.25) is 15.4 Å². The third-order valence-electron chi connectivity index (χ3n) is 2.97. The van der Waals surface area contributed by atoms with Crippen molar-refractivity contribution in [1.29, 1.82) is 5.41 Å². The number of carbonyl (C=O) groups is 1. The van der Waals surface area contributed by atoms with Crippen LogP contribution in [-0.2, 0) is 11.8 Å². The number of methoxy groups -OCH3 is 1. The minimum absolute atomic E-state index is 0.187. The zero-order chi connectivity index (χ0) is 13.3. The highest BCUT2D eigenvalue weighted by molar-refractivity contribution is 6.06. The lowest BCUT2D eigenvalue weighted by Gasteiger charge is -2.21. The standard InChI is InChI=1S/C11H17N5O2/c1-7-8(6-15(2)14-7)9-10(12)13-11(17)16(9)4-5-18-3/h6,9H,4-5H2,1-3H3,(H2,12,13,17). The van der Waals surface area contributed by atoms with E-state index in [0.717, 1.165) is 11.3 Å². The molecule has 0 bridgehead atoms. The molecule has 2 amide bonds. The summed E-state index contributed by atoms with van der Waals surface area (Å²) < 4.78 is 6.68. The summed E-state index contributed by atoms with van der Waals surface area (Å²) >= 11 is 0. The minimum Gasteiger partial charge on any atom is -0.383 e. The van der Waals surface area contributed by atoms with Crippen LogP contribution in [0.5, 0.6) is 0 Å². The lowest BCUT2D eigenvalue weighted by Crippen LogP contribution is -2.32. The topological polar surface area (TPSA) is 83.2 Å². The molecular weight excluding hydrogens is 234 g/mol. The molecule has 98 valence electrons. The van der Waals surface area contributed by atoms with Crippen molar-refractivity contribution in [3.63, 3.8) is 0 Å². The van der Waals surface area contributed by atoms with Crippen LogP contribution in [0.4, 0.5) is 4.79 Å². The molecule has 2 heterocycles. The molecule has 1 aliphatic rings. The van der Waals surface area contributed by atoms with E-state index >= 15 is 0 Å². The number of urea groups is 1. The Kier molecular flexibility index (Phi) is 3.33. The number of ether oxygens (including phenoxy) is 1. The molecule has 1 saturated heterocycles. The fourth-order valence-corrected chi connectivity index (χ4v) is 2.16. The molecule has 1 unspecified atom stereocenters. The van der Waals surface area contributed by atoms with E-state index in [-0.39, 0.29) is 17.9 Å². The van der Waals surface area contributed by atoms with Crippen molar-refractivity contribution in [2.24, 2.45) is 7.05 Å². The first-order valence-electron chi connectivity index (χ1n) is 5.69. The molecule has 1 aromatic rings. The quantitative estimate of drug-likeness (QED) is 0.813. The lowest BCUT2D eigenvalue weighted by molar-refractivity contribution is 0.150. The fourth-order valence-electron chi connectivity index (χ4n) is 2.16. The summed E-state index contributed by atoms with van der Waals surface area (Å²) in [7, 11) is 3.41. The largest absolute Gasteiger partial charge is 0.383 e. The van der Waals surface area contributed by atoms with Crippen molar-refractivity contribution < 1.29 is 9.53 Å². The van der Waals surface area contributed by atoms with Crippen LogP contribution < -0.4 is 5.32 Å². The minimum atomic E-state index is -0.388. The molecule has 0 saturated carbocycles. The van der Waals surface area contributed by atoms with E-state index in [1.807, 2.05) is 20.2 Å². The first-order chi connectivity index (χ1) is 8.54. The van der Waals surface area contributed by atoms with Crippen molar-refractivity contribution in [3.05, 3.63) is 17.5 Å². The Hall–Kier alpha value is -1.89. The first kappa shape index (κ1) is 12.6. The van der Waals surface area contributed by atoms with Gasteiger partial charge in [-0.05, 0) is 6.92 Å². The number of aromatic nitrogens is 2. The first-order valence-corrected chi connectivity index (χ1v) is 5.69. The maximum absolute atomic E-state index is 11.8. The van der Waals surface area contributed by atoms with E-state index in [1.165, 1.54) is 0 Å². The smallest absolute Gasteiger partial charge is 0.323 e. The van der Waals surface area contributed by atoms with Gasteiger partial charge in [0.25, 0.3) is 0 Å². The van der Waals surface area contributed by atoms with Gasteiger partial charge in [0, 0.05) is 32.5 Å². The van der Waals surface area contributed by atoms with Gasteiger partial charge in [0.05, 0.1) is 12.3 Å². The second kappa shape index (κ2) is 4.77. The molecule has 2 N–H and O–H groups in total. The van der Waals surface area contributed by atoms with Crippen LogP contribution in [0.3, 0.4) is 0 Å². The molecule has 2 rings (SSSR count). The SMILES string of the molecule is COCCN1C(=O)NC(=N)C1c1cn(C)nc1C. The Bertz CT molecular complexity index is 482. The Morgan fingerprint density at radius 1 is 1.61 bits per heavy atom. The van der Waals surface area contributed by atoms with Gasteiger partial charge in [0.1, 0.15) is 11.9 Å². The second-order valence-electron chi connectivity index (χ2n) is 4.28. The van der Waals surface area contributed by atoms with E-state index in [1.54, 1.807) is 16.7 Å². The van der Waals surface area contributed by atoms with Crippen molar-refractivity contribution in [2.45, 2.75) is 13.0 Å². The molecule has 0 spiro atoms. The van der Waals surface area contributed by atoms with Crippen molar-refractivity contribution in [2.75, 3.05) is 20.3 Å². The molecule has 7 nitrogen and oxygen atoms in total. The molecule has 1 aromatic heterocycles. The maximum atomic E-state index is 11.8. The van der Waals surface area contributed by atoms with E-state index in [9.17, 15) is 4.79 Å². The van der Waals surface area contributed by atoms with Crippen LogP contribution in [0.25, 0.3) is 0 Å². The Labute approximate surface area is 105 Å². The molecule has 18 heavy (non-hydrogen) atoms. The van der Waals surface area contributed by atoms with Gasteiger partial charge < -0.3 is 9.64 Å². The Morgan fingerprint density at radius 3 is 2.89 bits per heavy atom. The van der Waals surface area contributed by atoms with Gasteiger partial charge in [-0.2, -0.15) is 5.10 Å². The molecule has 0 aromatic carbocycles. The average Bonchev–Trinajstić information content (AvgIpc) is 2.75. The van der Waals surface area contributed by atoms with E-state index in [4.69, 9.17) is 10.1 Å². The number of hydrogen-bond acceptors (Lipinski definition) is 4. The van der Waals surface area contributed by atoms with E-state index in [0.29, 0.717) is 13.2 Å². The summed E-state index contributed by atoms with van der Waals surface area (Å²) in [6, 6.07) is -0.647. The summed E-state index contributed by atoms with van der Waals surface area (Å²) in [6.07, 6.45) is 1.84. The summed E-state index contributed by atoms with van der Waals surface area (Å²) in [4.78, 5) is 13.4. The number of amides is 2. The predicted molar refractivity (Wildman–Crippen MR) is 65.5 cm³/mol. The summed E-state index contributed by atoms with van der Waals surface area (Å²) in [6.45, 7) is 2.76. The van der Waals surface area contributed by atoms with E-state index < -0.39 is 0 Å². The Balaban J connectivity index is 2.30. The second-order valence-corrected chi connectivity index (χ2v) is 4.28. The van der Waals surface area contributed by atoms with Gasteiger partial charge in [-0.15, -0.1) is 0 Å². The summed E-state index contributed by atoms with van der Waals surface area (Å²) in [5, 5.41) is 14.7. The highest BCUT2D eigenvalue weighted by Crippen LogP contribution is 2.27. The maximum Gasteiger partial charge on any atom is 0.323 e. The number of carbonyl (C=O) groups excluding carboxylic acids is 1. The molecule has 7 heteroatoms. The number of nitrogens with zero attached hydrogens (tertiary/aromatic N) is 3. The van der Waals surface area contributed by atoms with Gasteiger partial charge in [0.2, 0.25) is 0 Å². The van der Waals surface area contributed by atoms with Gasteiger partial charge in [-0.25, -0.2) is 4.79 Å². The van der Waals surface area contributed by atoms with Crippen molar-refractivity contribution in [3.8, 4) is 0 Å². The van der Waals surface area contributed by atoms with Crippen molar-refractivity contribution in [1.82, 2.24) is 20.0 Å². The normalized spacial score (nSPS) is 19.5. The van der Waals surface area contributed by atoms with Gasteiger partial charge >= 0.3 is 6.03 Å². The molecular formula is C11H17N5O2. The van der Waals surface area contributed by atoms with Crippen LogP contribution in [-0.4, -0.2) is 46.8 Å². The zero-order valence-electron chi connectivity index (χ0n) is 10.7. The predicted octanol–water partition coefficient (Wildman–Crippen LogP) is 0.418. The highest BCUT2D eigenvalue weighted by Gasteiger charge is 2.38. The summed E-state index contributed by atoms with van der Waals surface area (Å²) in [5.74, 6) is 0.187. The third-order valence-corrected chi connectivity index (χ3v) is 2.97. The van der Waals surface area contributed by atoms with Crippen LogP contribution in [0.1, 0.15) is 17.3 Å². The molecule has 0 aliphatic carbocycles. The molecule has 1 atom stereocenters. The number of rotatable bonds is 4. The lowest BCUT2D eigenvalue weighted by atomic mass is 10.1. The average molecular weight is 251 g/mol. The van der Waals surface area contributed by atoms with E-state index in [2.05, 4.69) is 10.4 Å². The fraction of sp³-hybridized carbons (Fsp3) is 0.545.